The molecule has 0 atom stereocenters. The van der Waals surface area contributed by atoms with Crippen LogP contribution in [0, 0.1) is 18.3 Å². The van der Waals surface area contributed by atoms with E-state index in [1.807, 2.05) is 6.07 Å². The van der Waals surface area contributed by atoms with Crippen LogP contribution in [0.4, 0.5) is 24.5 Å². The Kier molecular flexibility index (Phi) is 3.86. The fraction of sp³-hybridized carbons (Fsp3) is 0.111. The fourth-order valence-electron chi connectivity index (χ4n) is 2.46. The molecule has 3 rings (SSSR count). The Morgan fingerprint density at radius 1 is 1.08 bits per heavy atom. The summed E-state index contributed by atoms with van der Waals surface area (Å²) in [6, 6.07) is 14.2. The number of anilines is 2. The van der Waals surface area contributed by atoms with Crippen molar-refractivity contribution in [3.05, 3.63) is 65.4 Å². The van der Waals surface area contributed by atoms with E-state index < -0.39 is 11.7 Å². The Balaban J connectivity index is 2.09. The molecule has 120 valence electrons. The van der Waals surface area contributed by atoms with Gasteiger partial charge in [-0.3, -0.25) is 4.98 Å². The first kappa shape index (κ1) is 15.8. The van der Waals surface area contributed by atoms with Crippen molar-refractivity contribution in [3.63, 3.8) is 0 Å². The first-order valence-corrected chi connectivity index (χ1v) is 7.12. The number of benzene rings is 2. The van der Waals surface area contributed by atoms with Crippen LogP contribution in [0.5, 0.6) is 0 Å². The van der Waals surface area contributed by atoms with E-state index in [0.717, 1.165) is 12.1 Å². The van der Waals surface area contributed by atoms with Gasteiger partial charge in [0.25, 0.3) is 0 Å². The summed E-state index contributed by atoms with van der Waals surface area (Å²) in [5.74, 6) is 0. The zero-order valence-electron chi connectivity index (χ0n) is 12.6. The number of hydrogen-bond donors (Lipinski definition) is 1. The maximum atomic E-state index is 12.9. The van der Waals surface area contributed by atoms with Crippen molar-refractivity contribution >= 4 is 22.3 Å². The van der Waals surface area contributed by atoms with Crippen molar-refractivity contribution in [1.82, 2.24) is 4.98 Å². The molecule has 0 aliphatic rings. The summed E-state index contributed by atoms with van der Waals surface area (Å²) in [6.07, 6.45) is -4.41. The molecular weight excluding hydrogens is 315 g/mol. The van der Waals surface area contributed by atoms with Crippen molar-refractivity contribution in [1.29, 1.82) is 5.26 Å². The summed E-state index contributed by atoms with van der Waals surface area (Å²) in [4.78, 5) is 4.19. The number of halogens is 3. The van der Waals surface area contributed by atoms with Crippen molar-refractivity contribution in [2.75, 3.05) is 5.32 Å². The topological polar surface area (TPSA) is 48.7 Å². The van der Waals surface area contributed by atoms with Crippen LogP contribution in [0.15, 0.2) is 48.5 Å². The zero-order valence-corrected chi connectivity index (χ0v) is 12.6. The molecule has 0 aliphatic heterocycles. The van der Waals surface area contributed by atoms with Gasteiger partial charge >= 0.3 is 6.18 Å². The first-order valence-electron chi connectivity index (χ1n) is 7.12. The van der Waals surface area contributed by atoms with Crippen molar-refractivity contribution < 1.29 is 13.2 Å². The van der Waals surface area contributed by atoms with Gasteiger partial charge in [0.05, 0.1) is 22.7 Å². The number of rotatable bonds is 2. The van der Waals surface area contributed by atoms with Crippen LogP contribution < -0.4 is 5.32 Å². The number of alkyl halides is 3. The van der Waals surface area contributed by atoms with Crippen LogP contribution >= 0.6 is 0 Å². The van der Waals surface area contributed by atoms with Crippen LogP contribution in [0.25, 0.3) is 10.9 Å². The highest BCUT2D eigenvalue weighted by molar-refractivity contribution is 5.93. The van der Waals surface area contributed by atoms with E-state index >= 15 is 0 Å². The van der Waals surface area contributed by atoms with Gasteiger partial charge in [-0.05, 0) is 43.3 Å². The Morgan fingerprint density at radius 3 is 2.58 bits per heavy atom. The summed E-state index contributed by atoms with van der Waals surface area (Å²) in [5, 5.41) is 12.7. The normalized spacial score (nSPS) is 11.3. The number of nitriles is 1. The largest absolute Gasteiger partial charge is 0.416 e. The van der Waals surface area contributed by atoms with Crippen LogP contribution in [0.2, 0.25) is 0 Å². The number of aryl methyl sites for hydroxylation is 1. The van der Waals surface area contributed by atoms with Crippen molar-refractivity contribution in [2.24, 2.45) is 0 Å². The lowest BCUT2D eigenvalue weighted by molar-refractivity contribution is -0.137. The average Bonchev–Trinajstić information content (AvgIpc) is 2.53. The Hall–Kier alpha value is -3.07. The molecule has 0 amide bonds. The molecule has 0 bridgehead atoms. The lowest BCUT2D eigenvalue weighted by Crippen LogP contribution is -2.05. The number of aromatic nitrogens is 1. The maximum absolute atomic E-state index is 12.9. The van der Waals surface area contributed by atoms with Gasteiger partial charge in [-0.1, -0.05) is 12.1 Å². The lowest BCUT2D eigenvalue weighted by atomic mass is 10.1. The second kappa shape index (κ2) is 5.85. The van der Waals surface area contributed by atoms with Crippen molar-refractivity contribution in [2.45, 2.75) is 13.1 Å². The first-order chi connectivity index (χ1) is 11.4. The Labute approximate surface area is 136 Å². The third-order valence-corrected chi connectivity index (χ3v) is 3.54. The molecule has 0 fully saturated rings. The van der Waals surface area contributed by atoms with Crippen LogP contribution in [-0.2, 0) is 6.18 Å². The molecule has 1 aromatic heterocycles. The summed E-state index contributed by atoms with van der Waals surface area (Å²) in [5.41, 5.74) is 1.95. The molecule has 0 aliphatic carbocycles. The summed E-state index contributed by atoms with van der Waals surface area (Å²) >= 11 is 0. The zero-order chi connectivity index (χ0) is 17.3. The minimum atomic E-state index is -4.41. The van der Waals surface area contributed by atoms with Gasteiger partial charge < -0.3 is 5.32 Å². The van der Waals surface area contributed by atoms with E-state index in [4.69, 9.17) is 5.26 Å². The summed E-state index contributed by atoms with van der Waals surface area (Å²) in [7, 11) is 0. The molecule has 0 unspecified atom stereocenters. The van der Waals surface area contributed by atoms with Crippen LogP contribution in [0.1, 0.15) is 16.8 Å². The van der Waals surface area contributed by atoms with Gasteiger partial charge in [0.1, 0.15) is 0 Å². The third kappa shape index (κ3) is 3.15. The average molecular weight is 327 g/mol. The minimum Gasteiger partial charge on any atom is -0.355 e. The molecular formula is C18H12F3N3. The lowest BCUT2D eigenvalue weighted by Gasteiger charge is -2.13. The van der Waals surface area contributed by atoms with E-state index in [0.29, 0.717) is 28.0 Å². The van der Waals surface area contributed by atoms with Gasteiger partial charge in [0, 0.05) is 22.5 Å². The number of pyridine rings is 1. The standard InChI is InChI=1S/C18H12F3N3/c1-11-7-16(24-14-4-2-3-12(8-14)10-22)15-6-5-13(18(19,20)21)9-17(15)23-11/h2-9H,1H3,(H,23,24). The highest BCUT2D eigenvalue weighted by Crippen LogP contribution is 2.33. The van der Waals surface area contributed by atoms with Crippen molar-refractivity contribution in [3.8, 4) is 6.07 Å². The molecule has 0 spiro atoms. The fourth-order valence-corrected chi connectivity index (χ4v) is 2.46. The minimum absolute atomic E-state index is 0.267. The van der Waals surface area contributed by atoms with Gasteiger partial charge in [0.15, 0.2) is 0 Å². The highest BCUT2D eigenvalue weighted by Gasteiger charge is 2.30. The molecule has 24 heavy (non-hydrogen) atoms. The summed E-state index contributed by atoms with van der Waals surface area (Å²) in [6.45, 7) is 1.72. The quantitative estimate of drug-likeness (QED) is 0.706. The van der Waals surface area contributed by atoms with Crippen LogP contribution in [0.3, 0.4) is 0 Å². The number of nitrogens with one attached hydrogen (secondary N) is 1. The molecule has 1 heterocycles. The number of hydrogen-bond acceptors (Lipinski definition) is 3. The molecule has 1 N–H and O–H groups in total. The van der Waals surface area contributed by atoms with E-state index in [1.165, 1.54) is 6.07 Å². The van der Waals surface area contributed by atoms with Gasteiger partial charge in [0.2, 0.25) is 0 Å². The molecule has 3 aromatic rings. The van der Waals surface area contributed by atoms with Gasteiger partial charge in [-0.15, -0.1) is 0 Å². The third-order valence-electron chi connectivity index (χ3n) is 3.54. The van der Waals surface area contributed by atoms with Gasteiger partial charge in [-0.25, -0.2) is 0 Å². The number of nitrogens with zero attached hydrogens (tertiary/aromatic N) is 2. The monoisotopic (exact) mass is 327 g/mol. The highest BCUT2D eigenvalue weighted by atomic mass is 19.4. The van der Waals surface area contributed by atoms with Gasteiger partial charge in [-0.2, -0.15) is 18.4 Å². The predicted molar refractivity (Wildman–Crippen MR) is 85.9 cm³/mol. The molecule has 0 radical (unpaired) electrons. The molecule has 6 heteroatoms. The van der Waals surface area contributed by atoms with E-state index in [-0.39, 0.29) is 5.52 Å². The molecule has 0 saturated carbocycles. The molecule has 3 nitrogen and oxygen atoms in total. The maximum Gasteiger partial charge on any atom is 0.416 e. The van der Waals surface area contributed by atoms with E-state index in [9.17, 15) is 13.2 Å². The SMILES string of the molecule is Cc1cc(Nc2cccc(C#N)c2)c2ccc(C(F)(F)F)cc2n1. The molecule has 0 saturated heterocycles. The Morgan fingerprint density at radius 2 is 1.88 bits per heavy atom. The second-order valence-electron chi connectivity index (χ2n) is 5.36. The Bertz CT molecular complexity index is 956. The number of fused-ring (bicyclic) bond motifs is 1. The molecule has 2 aromatic carbocycles. The van der Waals surface area contributed by atoms with E-state index in [1.54, 1.807) is 37.3 Å². The smallest absolute Gasteiger partial charge is 0.355 e. The second-order valence-corrected chi connectivity index (χ2v) is 5.36. The van der Waals surface area contributed by atoms with Crippen LogP contribution in [-0.4, -0.2) is 4.98 Å². The summed E-state index contributed by atoms with van der Waals surface area (Å²) < 4.78 is 38.6. The van der Waals surface area contributed by atoms with E-state index in [2.05, 4.69) is 10.3 Å². The predicted octanol–water partition coefficient (Wildman–Crippen LogP) is 5.18.